The number of carbonyl (C=O) groups is 1. The summed E-state index contributed by atoms with van der Waals surface area (Å²) in [5, 5.41) is 31.3. The fourth-order valence-corrected chi connectivity index (χ4v) is 4.85. The Morgan fingerprint density at radius 3 is 2.12 bits per heavy atom. The molecule has 2 heterocycles. The molecular weight excluding hydrogens is 568 g/mol. The molecule has 0 spiro atoms. The first-order valence-corrected chi connectivity index (χ1v) is 13.3. The molecule has 2 aromatic carbocycles. The highest BCUT2D eigenvalue weighted by atomic mass is 79.9. The van der Waals surface area contributed by atoms with Gasteiger partial charge in [0.05, 0.1) is 12.1 Å². The van der Waals surface area contributed by atoms with Gasteiger partial charge in [-0.1, -0.05) is 59.7 Å². The number of carbonyl (C=O) groups excluding carboxylic acids is 1. The zero-order valence-electron chi connectivity index (χ0n) is 24.6. The molecule has 2 N–H and O–H groups in total. The van der Waals surface area contributed by atoms with Gasteiger partial charge in [-0.3, -0.25) is 4.79 Å². The summed E-state index contributed by atoms with van der Waals surface area (Å²) in [6.07, 6.45) is 1.84. The van der Waals surface area contributed by atoms with Crippen molar-refractivity contribution in [3.63, 3.8) is 0 Å². The highest BCUT2D eigenvalue weighted by Gasteiger charge is 2.27. The van der Waals surface area contributed by atoms with Gasteiger partial charge in [0.1, 0.15) is 5.75 Å². The largest absolute Gasteiger partial charge is 1.00 e. The number of benzene rings is 2. The number of rotatable bonds is 5. The Balaban J connectivity index is 0.00000441. The zero-order chi connectivity index (χ0) is 28.7. The summed E-state index contributed by atoms with van der Waals surface area (Å²) in [6, 6.07) is 15.4. The maximum atomic E-state index is 12.7. The van der Waals surface area contributed by atoms with Gasteiger partial charge in [0, 0.05) is 23.9 Å². The third-order valence-corrected chi connectivity index (χ3v) is 7.22. The van der Waals surface area contributed by atoms with Crippen LogP contribution in [0.3, 0.4) is 0 Å². The Hall–Kier alpha value is -3.52. The van der Waals surface area contributed by atoms with Gasteiger partial charge in [-0.15, -0.1) is 10.2 Å². The van der Waals surface area contributed by atoms with Crippen molar-refractivity contribution < 1.29 is 36.6 Å². The van der Waals surface area contributed by atoms with Crippen LogP contribution in [0.4, 0.5) is 5.69 Å². The van der Waals surface area contributed by atoms with Crippen LogP contribution >= 0.6 is 0 Å². The average molecular weight is 608 g/mol. The van der Waals surface area contributed by atoms with E-state index in [4.69, 9.17) is 0 Å². The number of aromatic nitrogens is 2. The Morgan fingerprint density at radius 2 is 1.52 bits per heavy atom. The predicted molar refractivity (Wildman–Crippen MR) is 154 cm³/mol. The lowest BCUT2D eigenvalue weighted by molar-refractivity contribution is -0.690. The molecule has 0 atom stereocenters. The standard InChI is InChI=1S/C32H38N4O3.BrH/c1-20-12-11-15-35(21(20)2)19-27(37)33-34-28-23-13-9-10-14-26(23)36(30(28)39)18-22-16-24(31(3,4)5)29(38)25(17-22)32(6,7)8;/h9-17H,18-19H2,1-8H3,(H-,33,37,38,39);1H. The minimum Gasteiger partial charge on any atom is -1.00 e. The van der Waals surface area contributed by atoms with Gasteiger partial charge in [0.25, 0.3) is 0 Å². The summed E-state index contributed by atoms with van der Waals surface area (Å²) < 4.78 is 3.61. The molecule has 0 saturated carbocycles. The Bertz CT molecular complexity index is 1560. The Labute approximate surface area is 247 Å². The molecule has 0 fully saturated rings. The molecule has 0 aliphatic heterocycles. The van der Waals surface area contributed by atoms with E-state index >= 15 is 0 Å². The van der Waals surface area contributed by atoms with E-state index in [1.165, 1.54) is 0 Å². The predicted octanol–water partition coefficient (Wildman–Crippen LogP) is 3.91. The molecule has 0 saturated heterocycles. The molecule has 7 nitrogen and oxygen atoms in total. The number of phenolic OH excluding ortho intramolecular Hbond substituents is 1. The molecule has 2 aromatic heterocycles. The van der Waals surface area contributed by atoms with E-state index in [1.54, 1.807) is 4.57 Å². The van der Waals surface area contributed by atoms with E-state index in [-0.39, 0.29) is 45.9 Å². The van der Waals surface area contributed by atoms with Crippen molar-refractivity contribution in [3.8, 4) is 11.6 Å². The fraction of sp³-hybridized carbons (Fsp3) is 0.375. The SMILES string of the molecule is Cc1ccc[n+](CC(=O)N=Nc2c(O)n(Cc3cc(C(C)(C)C)c(O)c(C(C)(C)C)c3)c3ccccc23)c1C.[Br-]. The molecule has 8 heteroatoms. The van der Waals surface area contributed by atoms with E-state index in [0.717, 1.165) is 33.5 Å². The number of nitrogens with zero attached hydrogens (tertiary/aromatic N) is 4. The molecule has 4 aromatic rings. The normalized spacial score (nSPS) is 12.2. The van der Waals surface area contributed by atoms with Crippen molar-refractivity contribution in [2.24, 2.45) is 10.2 Å². The molecule has 212 valence electrons. The summed E-state index contributed by atoms with van der Waals surface area (Å²) in [5.74, 6) is -0.155. The second-order valence-corrected chi connectivity index (χ2v) is 12.3. The monoisotopic (exact) mass is 606 g/mol. The van der Waals surface area contributed by atoms with Gasteiger partial charge in [-0.2, -0.15) is 4.57 Å². The number of pyridine rings is 1. The quantitative estimate of drug-likeness (QED) is 0.266. The van der Waals surface area contributed by atoms with Gasteiger partial charge in [-0.05, 0) is 58.7 Å². The highest BCUT2D eigenvalue weighted by molar-refractivity contribution is 5.95. The first kappa shape index (κ1) is 31.0. The molecule has 4 rings (SSSR count). The molecule has 40 heavy (non-hydrogen) atoms. The van der Waals surface area contributed by atoms with Gasteiger partial charge in [0.2, 0.25) is 12.4 Å². The lowest BCUT2D eigenvalue weighted by atomic mass is 9.78. The van der Waals surface area contributed by atoms with Crippen molar-refractivity contribution in [1.29, 1.82) is 0 Å². The third-order valence-electron chi connectivity index (χ3n) is 7.22. The first-order chi connectivity index (χ1) is 18.2. The minimum atomic E-state index is -0.409. The van der Waals surface area contributed by atoms with E-state index in [1.807, 2.05) is 73.1 Å². The zero-order valence-corrected chi connectivity index (χ0v) is 26.2. The van der Waals surface area contributed by atoms with Crippen LogP contribution < -0.4 is 21.5 Å². The summed E-state index contributed by atoms with van der Waals surface area (Å²) in [5.41, 5.74) is 5.23. The number of aryl methyl sites for hydroxylation is 1. The molecule has 0 radical (unpaired) electrons. The van der Waals surface area contributed by atoms with Crippen LogP contribution in [0.15, 0.2) is 65.0 Å². The number of phenols is 1. The molecule has 1 amide bonds. The number of hydrogen-bond donors (Lipinski definition) is 2. The van der Waals surface area contributed by atoms with Gasteiger partial charge in [0.15, 0.2) is 17.6 Å². The van der Waals surface area contributed by atoms with Gasteiger partial charge < -0.3 is 31.8 Å². The van der Waals surface area contributed by atoms with Crippen molar-refractivity contribution in [1.82, 2.24) is 4.57 Å². The minimum absolute atomic E-state index is 0. The van der Waals surface area contributed by atoms with Gasteiger partial charge in [-0.25, -0.2) is 0 Å². The fourth-order valence-electron chi connectivity index (χ4n) is 4.85. The topological polar surface area (TPSA) is 91.1 Å². The van der Waals surface area contributed by atoms with Crippen molar-refractivity contribution in [2.45, 2.75) is 79.3 Å². The van der Waals surface area contributed by atoms with Crippen molar-refractivity contribution in [3.05, 3.63) is 82.7 Å². The lowest BCUT2D eigenvalue weighted by Crippen LogP contribution is -3.00. The van der Waals surface area contributed by atoms with E-state index < -0.39 is 5.91 Å². The van der Waals surface area contributed by atoms with Crippen molar-refractivity contribution >= 4 is 22.5 Å². The van der Waals surface area contributed by atoms with E-state index in [0.29, 0.717) is 17.7 Å². The van der Waals surface area contributed by atoms with Crippen LogP contribution in [-0.2, 0) is 28.7 Å². The molecular formula is C32H39BrN4O3. The number of hydrogen-bond acceptors (Lipinski definition) is 4. The summed E-state index contributed by atoms with van der Waals surface area (Å²) >= 11 is 0. The van der Waals surface area contributed by atoms with Crippen LogP contribution in [-0.4, -0.2) is 20.7 Å². The second-order valence-electron chi connectivity index (χ2n) is 12.3. The summed E-state index contributed by atoms with van der Waals surface area (Å²) in [7, 11) is 0. The highest BCUT2D eigenvalue weighted by Crippen LogP contribution is 2.42. The van der Waals surface area contributed by atoms with Gasteiger partial charge >= 0.3 is 5.91 Å². The van der Waals surface area contributed by atoms with Crippen LogP contribution in [0, 0.1) is 13.8 Å². The second kappa shape index (κ2) is 11.5. The first-order valence-electron chi connectivity index (χ1n) is 13.3. The van der Waals surface area contributed by atoms with Crippen LogP contribution in [0.25, 0.3) is 10.9 Å². The number of amides is 1. The lowest BCUT2D eigenvalue weighted by Gasteiger charge is -2.28. The number of fused-ring (bicyclic) bond motifs is 1. The van der Waals surface area contributed by atoms with E-state index in [2.05, 4.69) is 51.8 Å². The Morgan fingerprint density at radius 1 is 0.925 bits per heavy atom. The van der Waals surface area contributed by atoms with Crippen LogP contribution in [0.2, 0.25) is 0 Å². The molecule has 0 unspecified atom stereocenters. The third kappa shape index (κ3) is 6.28. The van der Waals surface area contributed by atoms with E-state index in [9.17, 15) is 15.0 Å². The van der Waals surface area contributed by atoms with Crippen LogP contribution in [0.5, 0.6) is 11.6 Å². The number of halogens is 1. The average Bonchev–Trinajstić information content (AvgIpc) is 3.10. The Kier molecular flexibility index (Phi) is 8.94. The molecule has 0 aliphatic carbocycles. The number of para-hydroxylation sites is 1. The number of aromatic hydroxyl groups is 2. The maximum absolute atomic E-state index is 12.7. The van der Waals surface area contributed by atoms with Crippen LogP contribution in [0.1, 0.15) is 69.5 Å². The molecule has 0 bridgehead atoms. The maximum Gasteiger partial charge on any atom is 0.329 e. The summed E-state index contributed by atoms with van der Waals surface area (Å²) in [4.78, 5) is 12.7. The molecule has 0 aliphatic rings. The summed E-state index contributed by atoms with van der Waals surface area (Å²) in [6.45, 7) is 16.8. The van der Waals surface area contributed by atoms with Crippen molar-refractivity contribution in [2.75, 3.05) is 0 Å². The smallest absolute Gasteiger partial charge is 0.329 e. The number of azo groups is 1.